The highest BCUT2D eigenvalue weighted by molar-refractivity contribution is 6.22. The molecule has 2 atom stereocenters. The van der Waals surface area contributed by atoms with Gasteiger partial charge in [0, 0.05) is 16.8 Å². The summed E-state index contributed by atoms with van der Waals surface area (Å²) in [6.07, 6.45) is -0.822. The molecule has 8 nitrogen and oxygen atoms in total. The maximum absolute atomic E-state index is 13.0. The fourth-order valence-electron chi connectivity index (χ4n) is 4.34. The number of carbonyl (C=O) groups excluding carboxylic acids is 2. The Balaban J connectivity index is 1.57. The number of nitrogens with one attached hydrogen (secondary N) is 2. The first-order chi connectivity index (χ1) is 17.0. The third-order valence-corrected chi connectivity index (χ3v) is 5.94. The van der Waals surface area contributed by atoms with Crippen molar-refractivity contribution in [3.05, 3.63) is 95.6 Å². The third-order valence-electron chi connectivity index (χ3n) is 5.94. The number of rotatable bonds is 4. The van der Waals surface area contributed by atoms with Gasteiger partial charge in [-0.05, 0) is 30.7 Å². The zero-order valence-electron chi connectivity index (χ0n) is 19.4. The number of hydrogen-bond acceptors (Lipinski definition) is 6. The molecule has 0 saturated carbocycles. The van der Waals surface area contributed by atoms with Gasteiger partial charge < -0.3 is 20.3 Å². The van der Waals surface area contributed by atoms with Gasteiger partial charge in [-0.3, -0.25) is 9.98 Å². The van der Waals surface area contributed by atoms with E-state index in [-0.39, 0.29) is 0 Å². The molecular weight excluding hydrogens is 442 g/mol. The van der Waals surface area contributed by atoms with Gasteiger partial charge in [-0.15, -0.1) is 0 Å². The van der Waals surface area contributed by atoms with Crippen LogP contribution in [0.15, 0.2) is 88.8 Å². The summed E-state index contributed by atoms with van der Waals surface area (Å²) in [5.41, 5.74) is 5.10. The van der Waals surface area contributed by atoms with Crippen LogP contribution in [0.1, 0.15) is 16.7 Å². The Bertz CT molecular complexity index is 1340. The van der Waals surface area contributed by atoms with Crippen LogP contribution in [0.25, 0.3) is 0 Å². The minimum atomic E-state index is -0.822. The Morgan fingerprint density at radius 3 is 2.51 bits per heavy atom. The van der Waals surface area contributed by atoms with Crippen molar-refractivity contribution in [2.24, 2.45) is 9.98 Å². The fourth-order valence-corrected chi connectivity index (χ4v) is 4.34. The number of esters is 1. The van der Waals surface area contributed by atoms with Crippen molar-refractivity contribution in [3.8, 4) is 0 Å². The van der Waals surface area contributed by atoms with Crippen molar-refractivity contribution >= 4 is 34.9 Å². The van der Waals surface area contributed by atoms with Gasteiger partial charge in [0.05, 0.1) is 25.1 Å². The molecule has 5 rings (SSSR count). The molecule has 8 heteroatoms. The molecule has 0 fully saturated rings. The molecule has 176 valence electrons. The fraction of sp³-hybridized carbons (Fsp3) is 0.185. The Hall–Kier alpha value is -4.46. The number of para-hydroxylation sites is 1. The van der Waals surface area contributed by atoms with Crippen LogP contribution in [0.2, 0.25) is 0 Å². The second kappa shape index (κ2) is 9.42. The average molecular weight is 468 g/mol. The molecule has 0 bridgehead atoms. The first kappa shape index (κ1) is 22.3. The maximum Gasteiger partial charge on any atom is 0.332 e. The summed E-state index contributed by atoms with van der Waals surface area (Å²) in [5, 5.41) is 5.82. The van der Waals surface area contributed by atoms with E-state index in [0.29, 0.717) is 18.1 Å². The van der Waals surface area contributed by atoms with Crippen LogP contribution in [-0.2, 0) is 9.53 Å². The van der Waals surface area contributed by atoms with Gasteiger partial charge in [0.1, 0.15) is 0 Å². The number of fused-ring (bicyclic) bond motifs is 3. The lowest BCUT2D eigenvalue weighted by atomic mass is 10.00. The number of aliphatic imine (C=N–C) groups is 2. The minimum absolute atomic E-state index is 0.300. The molecule has 0 radical (unpaired) electrons. The van der Waals surface area contributed by atoms with E-state index in [4.69, 9.17) is 9.73 Å². The van der Waals surface area contributed by atoms with Crippen LogP contribution in [-0.4, -0.2) is 49.4 Å². The monoisotopic (exact) mass is 467 g/mol. The minimum Gasteiger partial charge on any atom is -0.467 e. The SMILES string of the molecule is COC(=O)[C@@H]1CN2C(=N1)[C@H](NC(=O)Nc1cccc(C)c1)N=C(c1ccccc1)c1ccccc12. The summed E-state index contributed by atoms with van der Waals surface area (Å²) >= 11 is 0. The van der Waals surface area contributed by atoms with Crippen molar-refractivity contribution in [2.45, 2.75) is 19.1 Å². The number of anilines is 2. The largest absolute Gasteiger partial charge is 0.467 e. The summed E-state index contributed by atoms with van der Waals surface area (Å²) in [4.78, 5) is 36.9. The van der Waals surface area contributed by atoms with Gasteiger partial charge in [0.25, 0.3) is 0 Å². The van der Waals surface area contributed by atoms with E-state index in [2.05, 4.69) is 15.6 Å². The first-order valence-electron chi connectivity index (χ1n) is 11.3. The van der Waals surface area contributed by atoms with E-state index < -0.39 is 24.2 Å². The summed E-state index contributed by atoms with van der Waals surface area (Å²) < 4.78 is 4.95. The van der Waals surface area contributed by atoms with Crippen molar-refractivity contribution in [3.63, 3.8) is 0 Å². The van der Waals surface area contributed by atoms with Crippen molar-refractivity contribution in [1.82, 2.24) is 5.32 Å². The van der Waals surface area contributed by atoms with Gasteiger partial charge in [0.15, 0.2) is 18.0 Å². The normalized spacial score (nSPS) is 18.4. The number of hydrogen-bond donors (Lipinski definition) is 2. The Labute approximate surface area is 203 Å². The summed E-state index contributed by atoms with van der Waals surface area (Å²) in [6, 6.07) is 24.0. The molecule has 0 aliphatic carbocycles. The Morgan fingerprint density at radius 2 is 1.74 bits per heavy atom. The number of carbonyl (C=O) groups is 2. The van der Waals surface area contributed by atoms with Gasteiger partial charge in [-0.2, -0.15) is 0 Å². The number of amides is 2. The zero-order chi connectivity index (χ0) is 24.4. The topological polar surface area (TPSA) is 95.4 Å². The van der Waals surface area contributed by atoms with Crippen LogP contribution in [0.3, 0.4) is 0 Å². The molecule has 3 aromatic carbocycles. The number of aryl methyl sites for hydroxylation is 1. The summed E-state index contributed by atoms with van der Waals surface area (Å²) in [5.74, 6) is 0.0523. The number of amidine groups is 1. The van der Waals surface area contributed by atoms with Crippen LogP contribution in [0.5, 0.6) is 0 Å². The number of methoxy groups -OCH3 is 1. The van der Waals surface area contributed by atoms with E-state index in [1.807, 2.05) is 90.7 Å². The van der Waals surface area contributed by atoms with Gasteiger partial charge >= 0.3 is 12.0 Å². The molecule has 2 heterocycles. The molecule has 2 amide bonds. The van der Waals surface area contributed by atoms with Crippen molar-refractivity contribution in [1.29, 1.82) is 0 Å². The molecule has 2 N–H and O–H groups in total. The zero-order valence-corrected chi connectivity index (χ0v) is 19.4. The Morgan fingerprint density at radius 1 is 0.971 bits per heavy atom. The Kier molecular flexibility index (Phi) is 6.01. The number of ether oxygens (including phenoxy) is 1. The summed E-state index contributed by atoms with van der Waals surface area (Å²) in [6.45, 7) is 2.26. The third kappa shape index (κ3) is 4.50. The van der Waals surface area contributed by atoms with E-state index in [1.165, 1.54) is 7.11 Å². The number of benzene rings is 3. The average Bonchev–Trinajstić information content (AvgIpc) is 3.27. The lowest BCUT2D eigenvalue weighted by Gasteiger charge is -2.24. The second-order valence-electron chi connectivity index (χ2n) is 8.37. The van der Waals surface area contributed by atoms with E-state index >= 15 is 0 Å². The lowest BCUT2D eigenvalue weighted by molar-refractivity contribution is -0.141. The van der Waals surface area contributed by atoms with Crippen molar-refractivity contribution < 1.29 is 14.3 Å². The van der Waals surface area contributed by atoms with E-state index in [0.717, 1.165) is 28.1 Å². The molecular formula is C27H25N5O3. The van der Waals surface area contributed by atoms with Gasteiger partial charge in [-0.1, -0.05) is 60.7 Å². The molecule has 35 heavy (non-hydrogen) atoms. The molecule has 2 aliphatic rings. The highest BCUT2D eigenvalue weighted by Gasteiger charge is 2.39. The van der Waals surface area contributed by atoms with Crippen LogP contribution in [0.4, 0.5) is 16.2 Å². The smallest absolute Gasteiger partial charge is 0.332 e. The molecule has 0 unspecified atom stereocenters. The van der Waals surface area contributed by atoms with Crippen LogP contribution < -0.4 is 15.5 Å². The van der Waals surface area contributed by atoms with Crippen LogP contribution >= 0.6 is 0 Å². The quantitative estimate of drug-likeness (QED) is 0.572. The predicted octanol–water partition coefficient (Wildman–Crippen LogP) is 3.75. The molecule has 0 spiro atoms. The molecule has 0 aromatic heterocycles. The maximum atomic E-state index is 13.0. The summed E-state index contributed by atoms with van der Waals surface area (Å²) in [7, 11) is 1.34. The lowest BCUT2D eigenvalue weighted by Crippen LogP contribution is -2.47. The predicted molar refractivity (Wildman–Crippen MR) is 136 cm³/mol. The van der Waals surface area contributed by atoms with Gasteiger partial charge in [-0.25, -0.2) is 9.59 Å². The molecule has 3 aromatic rings. The second-order valence-corrected chi connectivity index (χ2v) is 8.37. The number of nitrogens with zero attached hydrogens (tertiary/aromatic N) is 3. The first-order valence-corrected chi connectivity index (χ1v) is 11.3. The standard InChI is InChI=1S/C27H25N5O3/c1-17-9-8-12-19(15-17)28-27(34)31-24-25-29-21(26(33)35-2)16-32(25)22-14-7-6-13-20(22)23(30-24)18-10-4-3-5-11-18/h3-15,21,24H,16H2,1-2H3,(H2,28,31,34)/t21-,24-/m0/s1. The highest BCUT2D eigenvalue weighted by Crippen LogP contribution is 2.31. The number of urea groups is 1. The van der Waals surface area contributed by atoms with Crippen molar-refractivity contribution in [2.75, 3.05) is 23.9 Å². The van der Waals surface area contributed by atoms with E-state index in [1.54, 1.807) is 0 Å². The highest BCUT2D eigenvalue weighted by atomic mass is 16.5. The van der Waals surface area contributed by atoms with Crippen LogP contribution in [0, 0.1) is 6.92 Å². The molecule has 0 saturated heterocycles. The molecule has 2 aliphatic heterocycles. The van der Waals surface area contributed by atoms with Gasteiger partial charge in [0.2, 0.25) is 0 Å². The van der Waals surface area contributed by atoms with E-state index in [9.17, 15) is 9.59 Å².